The van der Waals surface area contributed by atoms with E-state index in [2.05, 4.69) is 20.6 Å². The van der Waals surface area contributed by atoms with Crippen LogP contribution in [0.25, 0.3) is 16.6 Å². The molecule has 5 aromatic rings. The molecule has 0 radical (unpaired) electrons. The van der Waals surface area contributed by atoms with Crippen LogP contribution in [0.1, 0.15) is 0 Å². The lowest BCUT2D eigenvalue weighted by atomic mass is 10.2. The summed E-state index contributed by atoms with van der Waals surface area (Å²) in [4.78, 5) is 34.1. The Kier molecular flexibility index (Phi) is 4.61. The minimum Gasteiger partial charge on any atom is -0.354 e. The minimum atomic E-state index is -0.594. The molecule has 0 aliphatic carbocycles. The number of hydrogen-bond donors (Lipinski definition) is 2. The van der Waals surface area contributed by atoms with Gasteiger partial charge in [-0.05, 0) is 42.5 Å². The van der Waals surface area contributed by atoms with Crippen molar-refractivity contribution in [3.8, 4) is 0 Å². The highest BCUT2D eigenvalue weighted by molar-refractivity contribution is 5.80. The molecule has 7 nitrogen and oxygen atoms in total. The van der Waals surface area contributed by atoms with Crippen molar-refractivity contribution in [3.63, 3.8) is 0 Å². The van der Waals surface area contributed by atoms with Crippen molar-refractivity contribution in [2.24, 2.45) is 0 Å². The topological polar surface area (TPSA) is 88.4 Å². The van der Waals surface area contributed by atoms with Gasteiger partial charge in [-0.3, -0.25) is 14.0 Å². The first-order chi connectivity index (χ1) is 15.2. The third-order valence-electron chi connectivity index (χ3n) is 4.85. The molecular weight excluding hydrogens is 390 g/mol. The van der Waals surface area contributed by atoms with E-state index in [1.54, 1.807) is 30.3 Å². The number of nitrogens with one attached hydrogen (secondary N) is 2. The summed E-state index contributed by atoms with van der Waals surface area (Å²) in [5.74, 6) is 0.307. The van der Waals surface area contributed by atoms with Gasteiger partial charge in [0.15, 0.2) is 0 Å². The van der Waals surface area contributed by atoms with E-state index in [0.717, 1.165) is 17.1 Å². The van der Waals surface area contributed by atoms with Gasteiger partial charge in [-0.15, -0.1) is 0 Å². The average Bonchev–Trinajstić information content (AvgIpc) is 2.95. The monoisotopic (exact) mass is 407 g/mol. The predicted octanol–water partition coefficient (Wildman–Crippen LogP) is 4.09. The molecule has 2 N–H and O–H groups in total. The van der Waals surface area contributed by atoms with Crippen molar-refractivity contribution < 1.29 is 0 Å². The summed E-state index contributed by atoms with van der Waals surface area (Å²) in [6, 6.07) is 25.9. The summed E-state index contributed by atoms with van der Waals surface area (Å²) in [6.07, 6.45) is 1.51. The van der Waals surface area contributed by atoms with Gasteiger partial charge in [0.2, 0.25) is 5.65 Å². The van der Waals surface area contributed by atoms with Crippen LogP contribution in [0, 0.1) is 0 Å². The van der Waals surface area contributed by atoms with Crippen LogP contribution in [0.4, 0.5) is 22.9 Å². The highest BCUT2D eigenvalue weighted by atomic mass is 16.1. The van der Waals surface area contributed by atoms with Gasteiger partial charge < -0.3 is 10.6 Å². The van der Waals surface area contributed by atoms with Crippen LogP contribution in [0.5, 0.6) is 0 Å². The maximum absolute atomic E-state index is 12.8. The highest BCUT2D eigenvalue weighted by Crippen LogP contribution is 2.27. The molecule has 2 aromatic heterocycles. The standard InChI is InChI=1S/C24H17N5O2/c30-23-22-27-18-11-5-4-10-17(18)24(31)29(22)15-14-21(28-23)26-20-13-7-6-12-19(20)25-16-8-2-1-3-9-16/h1-15,25H,(H,26,28,30). The van der Waals surface area contributed by atoms with E-state index < -0.39 is 5.56 Å². The molecule has 0 amide bonds. The second kappa shape index (κ2) is 7.72. The third-order valence-corrected chi connectivity index (χ3v) is 4.85. The normalized spacial score (nSPS) is 10.8. The Hall–Kier alpha value is -4.52. The number of rotatable bonds is 4. The van der Waals surface area contributed by atoms with Crippen molar-refractivity contribution in [1.29, 1.82) is 0 Å². The van der Waals surface area contributed by atoms with Crippen LogP contribution in [-0.2, 0) is 0 Å². The van der Waals surface area contributed by atoms with Crippen LogP contribution in [-0.4, -0.2) is 14.4 Å². The number of anilines is 4. The van der Waals surface area contributed by atoms with E-state index in [9.17, 15) is 9.59 Å². The van der Waals surface area contributed by atoms with Crippen LogP contribution in [0.3, 0.4) is 0 Å². The summed E-state index contributed by atoms with van der Waals surface area (Å²) in [6.45, 7) is 0. The van der Waals surface area contributed by atoms with Gasteiger partial charge in [-0.2, -0.15) is 4.98 Å². The average molecular weight is 407 g/mol. The minimum absolute atomic E-state index is 0.0209. The molecule has 5 rings (SSSR count). The Bertz CT molecular complexity index is 1530. The molecular formula is C24H17N5O2. The quantitative estimate of drug-likeness (QED) is 0.467. The Labute approximate surface area is 176 Å². The van der Waals surface area contributed by atoms with E-state index in [0.29, 0.717) is 16.7 Å². The first kappa shape index (κ1) is 18.5. The lowest BCUT2D eigenvalue weighted by Crippen LogP contribution is -2.19. The van der Waals surface area contributed by atoms with Crippen molar-refractivity contribution in [2.45, 2.75) is 0 Å². The molecule has 31 heavy (non-hydrogen) atoms. The third kappa shape index (κ3) is 3.60. The van der Waals surface area contributed by atoms with Crippen LogP contribution >= 0.6 is 0 Å². The Morgan fingerprint density at radius 1 is 0.677 bits per heavy atom. The molecule has 0 aliphatic rings. The van der Waals surface area contributed by atoms with Crippen LogP contribution < -0.4 is 21.8 Å². The van der Waals surface area contributed by atoms with Crippen molar-refractivity contribution in [3.05, 3.63) is 112 Å². The zero-order valence-electron chi connectivity index (χ0n) is 16.3. The number of fused-ring (bicyclic) bond motifs is 2. The van der Waals surface area contributed by atoms with Crippen molar-refractivity contribution >= 4 is 39.4 Å². The fraction of sp³-hybridized carbons (Fsp3) is 0. The maximum Gasteiger partial charge on any atom is 0.315 e. The van der Waals surface area contributed by atoms with E-state index >= 15 is 0 Å². The molecule has 0 saturated heterocycles. The first-order valence-corrected chi connectivity index (χ1v) is 9.70. The number of benzene rings is 3. The summed E-state index contributed by atoms with van der Waals surface area (Å²) >= 11 is 0. The van der Waals surface area contributed by atoms with Crippen LogP contribution in [0.2, 0.25) is 0 Å². The summed E-state index contributed by atoms with van der Waals surface area (Å²) in [5.41, 5.74) is 2.02. The maximum atomic E-state index is 12.8. The first-order valence-electron chi connectivity index (χ1n) is 9.70. The molecule has 150 valence electrons. The zero-order valence-corrected chi connectivity index (χ0v) is 16.3. The van der Waals surface area contributed by atoms with Crippen LogP contribution in [0.15, 0.2) is 101 Å². The molecule has 0 spiro atoms. The zero-order chi connectivity index (χ0) is 21.2. The predicted molar refractivity (Wildman–Crippen MR) is 122 cm³/mol. The number of hydrogen-bond acceptors (Lipinski definition) is 6. The summed E-state index contributed by atoms with van der Waals surface area (Å²) < 4.78 is 1.23. The van der Waals surface area contributed by atoms with E-state index in [-0.39, 0.29) is 11.2 Å². The molecule has 0 atom stereocenters. The summed E-state index contributed by atoms with van der Waals surface area (Å²) in [7, 11) is 0. The molecule has 2 heterocycles. The van der Waals surface area contributed by atoms with Gasteiger partial charge in [0, 0.05) is 11.9 Å². The highest BCUT2D eigenvalue weighted by Gasteiger charge is 2.09. The summed E-state index contributed by atoms with van der Waals surface area (Å²) in [5, 5.41) is 6.96. The second-order valence-corrected chi connectivity index (χ2v) is 6.91. The molecule has 0 saturated carbocycles. The van der Waals surface area contributed by atoms with Gasteiger partial charge in [0.25, 0.3) is 5.56 Å². The van der Waals surface area contributed by atoms with Crippen molar-refractivity contribution in [1.82, 2.24) is 14.4 Å². The van der Waals surface area contributed by atoms with E-state index in [1.165, 1.54) is 10.6 Å². The lowest BCUT2D eigenvalue weighted by Gasteiger charge is -2.12. The number of nitrogens with zero attached hydrogens (tertiary/aromatic N) is 3. The molecule has 7 heteroatoms. The Balaban J connectivity index is 1.59. The fourth-order valence-electron chi connectivity index (χ4n) is 3.36. The molecule has 0 fully saturated rings. The fourth-order valence-corrected chi connectivity index (χ4v) is 3.36. The number of aromatic nitrogens is 3. The largest absolute Gasteiger partial charge is 0.354 e. The van der Waals surface area contributed by atoms with Gasteiger partial charge >= 0.3 is 5.56 Å². The lowest BCUT2D eigenvalue weighted by molar-refractivity contribution is 1.07. The Morgan fingerprint density at radius 2 is 1.35 bits per heavy atom. The Morgan fingerprint density at radius 3 is 2.16 bits per heavy atom. The molecule has 0 unspecified atom stereocenters. The van der Waals surface area contributed by atoms with Gasteiger partial charge in [-0.25, -0.2) is 4.98 Å². The van der Waals surface area contributed by atoms with Gasteiger partial charge in [0.1, 0.15) is 5.82 Å². The molecule has 0 bridgehead atoms. The van der Waals surface area contributed by atoms with E-state index in [4.69, 9.17) is 0 Å². The molecule has 0 aliphatic heterocycles. The van der Waals surface area contributed by atoms with Crippen molar-refractivity contribution in [2.75, 3.05) is 10.6 Å². The second-order valence-electron chi connectivity index (χ2n) is 6.91. The SMILES string of the molecule is O=c1nc(Nc2ccccc2Nc2ccccc2)ccn2c(=O)c3ccccc3nc12. The van der Waals surface area contributed by atoms with E-state index in [1.807, 2.05) is 54.6 Å². The van der Waals surface area contributed by atoms with Gasteiger partial charge in [-0.1, -0.05) is 42.5 Å². The molecule has 3 aromatic carbocycles. The van der Waals surface area contributed by atoms with Gasteiger partial charge in [0.05, 0.1) is 22.3 Å². The smallest absolute Gasteiger partial charge is 0.315 e. The number of para-hydroxylation sites is 4.